The summed E-state index contributed by atoms with van der Waals surface area (Å²) in [4.78, 5) is 16.1. The quantitative estimate of drug-likeness (QED) is 0.414. The van der Waals surface area contributed by atoms with E-state index in [1.54, 1.807) is 12.1 Å². The molecule has 1 fully saturated rings. The molecule has 6 nitrogen and oxygen atoms in total. The van der Waals surface area contributed by atoms with Gasteiger partial charge in [-0.15, -0.1) is 11.8 Å². The van der Waals surface area contributed by atoms with Crippen molar-refractivity contribution in [3.8, 4) is 11.5 Å². The van der Waals surface area contributed by atoms with Gasteiger partial charge in [0.05, 0.1) is 5.75 Å². The summed E-state index contributed by atoms with van der Waals surface area (Å²) >= 11 is 7.33. The molecule has 6 rings (SSSR count). The lowest BCUT2D eigenvalue weighted by molar-refractivity contribution is -0.153. The lowest BCUT2D eigenvalue weighted by atomic mass is 9.73. The number of carbonyl (C=O) groups is 1. The maximum atomic E-state index is 12.8. The van der Waals surface area contributed by atoms with Crippen LogP contribution in [0.15, 0.2) is 52.9 Å². The van der Waals surface area contributed by atoms with Crippen LogP contribution in [0.3, 0.4) is 0 Å². The molecule has 4 aliphatic rings. The van der Waals surface area contributed by atoms with Gasteiger partial charge in [0.25, 0.3) is 0 Å². The van der Waals surface area contributed by atoms with Crippen LogP contribution in [0.4, 0.5) is 0 Å². The molecule has 3 aliphatic heterocycles. The van der Waals surface area contributed by atoms with Gasteiger partial charge >= 0.3 is 5.97 Å². The van der Waals surface area contributed by atoms with Gasteiger partial charge < -0.3 is 19.3 Å². The number of ether oxygens (including phenoxy) is 3. The average molecular weight is 472 g/mol. The van der Waals surface area contributed by atoms with E-state index in [1.165, 1.54) is 17.3 Å². The van der Waals surface area contributed by atoms with Crippen molar-refractivity contribution < 1.29 is 24.1 Å². The molecule has 1 aliphatic carbocycles. The first kappa shape index (κ1) is 20.4. The SMILES string of the molecule is O=C(CSc1ccc(Cl)cc1)OC1C(O)C=C2CCN3Cc4cc5c(cc4C1C23)OCO5. The van der Waals surface area contributed by atoms with E-state index in [1.807, 2.05) is 30.3 Å². The Morgan fingerprint density at radius 1 is 1.22 bits per heavy atom. The number of carbonyl (C=O) groups excluding carboxylic acids is 1. The van der Waals surface area contributed by atoms with Crippen LogP contribution in [-0.2, 0) is 16.1 Å². The maximum absolute atomic E-state index is 12.8. The van der Waals surface area contributed by atoms with Crippen molar-refractivity contribution in [3.63, 3.8) is 0 Å². The van der Waals surface area contributed by atoms with E-state index in [9.17, 15) is 9.90 Å². The minimum Gasteiger partial charge on any atom is -0.458 e. The zero-order valence-corrected chi connectivity index (χ0v) is 18.8. The number of esters is 1. The summed E-state index contributed by atoms with van der Waals surface area (Å²) in [5.74, 6) is 1.14. The highest BCUT2D eigenvalue weighted by molar-refractivity contribution is 8.00. The van der Waals surface area contributed by atoms with E-state index in [0.717, 1.165) is 41.3 Å². The molecule has 0 radical (unpaired) electrons. The van der Waals surface area contributed by atoms with Crippen LogP contribution in [0.5, 0.6) is 11.5 Å². The summed E-state index contributed by atoms with van der Waals surface area (Å²) in [7, 11) is 0. The van der Waals surface area contributed by atoms with Gasteiger partial charge in [-0.05, 0) is 53.9 Å². The molecule has 32 heavy (non-hydrogen) atoms. The molecule has 2 aromatic rings. The molecule has 0 spiro atoms. The third-order valence-corrected chi connectivity index (χ3v) is 7.92. The monoisotopic (exact) mass is 471 g/mol. The van der Waals surface area contributed by atoms with Crippen molar-refractivity contribution in [2.75, 3.05) is 19.1 Å². The van der Waals surface area contributed by atoms with Crippen LogP contribution in [0.1, 0.15) is 23.5 Å². The predicted molar refractivity (Wildman–Crippen MR) is 120 cm³/mol. The first-order chi connectivity index (χ1) is 15.6. The number of rotatable bonds is 4. The summed E-state index contributed by atoms with van der Waals surface area (Å²) in [5.41, 5.74) is 3.45. The van der Waals surface area contributed by atoms with E-state index < -0.39 is 12.2 Å². The topological polar surface area (TPSA) is 68.2 Å². The van der Waals surface area contributed by atoms with Crippen LogP contribution in [-0.4, -0.2) is 53.3 Å². The fourth-order valence-corrected chi connectivity index (χ4v) is 6.14. The molecule has 0 amide bonds. The van der Waals surface area contributed by atoms with E-state index >= 15 is 0 Å². The van der Waals surface area contributed by atoms with E-state index in [-0.39, 0.29) is 30.5 Å². The number of hydrogen-bond donors (Lipinski definition) is 1. The second kappa shape index (κ2) is 7.99. The third kappa shape index (κ3) is 3.48. The molecule has 4 unspecified atom stereocenters. The normalized spacial score (nSPS) is 27.5. The van der Waals surface area contributed by atoms with Crippen molar-refractivity contribution in [2.24, 2.45) is 0 Å². The van der Waals surface area contributed by atoms with Crippen LogP contribution in [0.2, 0.25) is 5.02 Å². The molecule has 1 N–H and O–H groups in total. The van der Waals surface area contributed by atoms with Gasteiger partial charge in [0.2, 0.25) is 6.79 Å². The van der Waals surface area contributed by atoms with E-state index in [0.29, 0.717) is 10.8 Å². The predicted octanol–water partition coefficient (Wildman–Crippen LogP) is 3.75. The number of benzene rings is 2. The Hall–Kier alpha value is -2.19. The zero-order valence-electron chi connectivity index (χ0n) is 17.2. The average Bonchev–Trinajstić information content (AvgIpc) is 3.41. The number of fused-ring (bicyclic) bond motifs is 3. The van der Waals surface area contributed by atoms with Crippen LogP contribution >= 0.6 is 23.4 Å². The molecular formula is C24H22ClNO5S. The van der Waals surface area contributed by atoms with Gasteiger partial charge in [0.15, 0.2) is 11.5 Å². The van der Waals surface area contributed by atoms with Gasteiger partial charge in [-0.3, -0.25) is 9.69 Å². The molecule has 166 valence electrons. The third-order valence-electron chi connectivity index (χ3n) is 6.68. The molecule has 0 aromatic heterocycles. The fourth-order valence-electron chi connectivity index (χ4n) is 5.33. The maximum Gasteiger partial charge on any atom is 0.316 e. The highest BCUT2D eigenvalue weighted by Gasteiger charge is 2.50. The summed E-state index contributed by atoms with van der Waals surface area (Å²) in [6, 6.07) is 11.5. The van der Waals surface area contributed by atoms with E-state index in [2.05, 4.69) is 4.90 Å². The van der Waals surface area contributed by atoms with Crippen LogP contribution in [0.25, 0.3) is 0 Å². The van der Waals surface area contributed by atoms with Crippen LogP contribution in [0, 0.1) is 0 Å². The Bertz CT molecular complexity index is 1100. The van der Waals surface area contributed by atoms with Crippen molar-refractivity contribution in [2.45, 2.75) is 42.0 Å². The first-order valence-electron chi connectivity index (χ1n) is 10.7. The van der Waals surface area contributed by atoms with E-state index in [4.69, 9.17) is 25.8 Å². The summed E-state index contributed by atoms with van der Waals surface area (Å²) in [6.45, 7) is 1.96. The van der Waals surface area contributed by atoms with Gasteiger partial charge in [-0.2, -0.15) is 0 Å². The van der Waals surface area contributed by atoms with Crippen molar-refractivity contribution >= 4 is 29.3 Å². The largest absolute Gasteiger partial charge is 0.458 e. The highest BCUT2D eigenvalue weighted by atomic mass is 35.5. The Labute approximate surface area is 195 Å². The summed E-state index contributed by atoms with van der Waals surface area (Å²) in [5, 5.41) is 11.6. The molecule has 2 aromatic carbocycles. The summed E-state index contributed by atoms with van der Waals surface area (Å²) < 4.78 is 17.1. The minimum atomic E-state index is -0.841. The number of thioether (sulfide) groups is 1. The molecule has 3 heterocycles. The van der Waals surface area contributed by atoms with Gasteiger partial charge in [-0.25, -0.2) is 0 Å². The Morgan fingerprint density at radius 3 is 2.81 bits per heavy atom. The lowest BCUT2D eigenvalue weighted by Gasteiger charge is -2.45. The highest BCUT2D eigenvalue weighted by Crippen LogP contribution is 2.50. The van der Waals surface area contributed by atoms with Gasteiger partial charge in [0.1, 0.15) is 12.2 Å². The number of hydrogen-bond acceptors (Lipinski definition) is 7. The number of nitrogens with zero attached hydrogens (tertiary/aromatic N) is 1. The Kier molecular flexibility index (Phi) is 5.10. The molecule has 8 heteroatoms. The number of halogens is 1. The standard InChI is InChI=1S/C24H22ClNO5S/c25-15-1-3-16(4-2-15)32-11-21(28)31-24-18(27)7-13-5-6-26-10-14-8-19-20(30-12-29-19)9-17(14)22(24)23(13)26/h1-4,7-9,18,22-24,27H,5-6,10-12H2. The smallest absolute Gasteiger partial charge is 0.316 e. The molecular weight excluding hydrogens is 450 g/mol. The van der Waals surface area contributed by atoms with Crippen molar-refractivity contribution in [1.82, 2.24) is 4.90 Å². The first-order valence-corrected chi connectivity index (χ1v) is 12.1. The number of aliphatic hydroxyl groups is 1. The second-order valence-electron chi connectivity index (χ2n) is 8.52. The molecule has 0 bridgehead atoms. The van der Waals surface area contributed by atoms with Crippen molar-refractivity contribution in [1.29, 1.82) is 0 Å². The minimum absolute atomic E-state index is 0.132. The summed E-state index contributed by atoms with van der Waals surface area (Å²) in [6.07, 6.45) is 1.32. The number of aliphatic hydroxyl groups excluding tert-OH is 1. The Morgan fingerprint density at radius 2 is 2.00 bits per heavy atom. The van der Waals surface area contributed by atoms with Crippen LogP contribution < -0.4 is 9.47 Å². The Balaban J connectivity index is 1.28. The second-order valence-corrected chi connectivity index (χ2v) is 10.0. The zero-order chi connectivity index (χ0) is 21.8. The lowest BCUT2D eigenvalue weighted by Crippen LogP contribution is -2.51. The molecule has 1 saturated heterocycles. The molecule has 0 saturated carbocycles. The fraction of sp³-hybridized carbons (Fsp3) is 0.375. The van der Waals surface area contributed by atoms with Gasteiger partial charge in [0, 0.05) is 35.0 Å². The van der Waals surface area contributed by atoms with Gasteiger partial charge in [-0.1, -0.05) is 23.3 Å². The van der Waals surface area contributed by atoms with Crippen molar-refractivity contribution in [3.05, 3.63) is 64.2 Å². The molecule has 4 atom stereocenters.